The number of benzene rings is 2. The standard InChI is InChI=1S/C23H29NO5S/c1-3-5-13-23(4-2)16-30(27,28)20-14-18(29-15-21(25)26)11-12-19(20)22(24-23)17-9-7-6-8-10-17/h6-12,14,22,24H,3-5,13,15-16H2,1-2H3,(H,25,26). The molecular weight excluding hydrogens is 402 g/mol. The topological polar surface area (TPSA) is 92.7 Å². The highest BCUT2D eigenvalue weighted by Gasteiger charge is 2.41. The number of hydrogen-bond donors (Lipinski definition) is 2. The molecule has 0 saturated heterocycles. The fourth-order valence-corrected chi connectivity index (χ4v) is 6.23. The Morgan fingerprint density at radius 2 is 1.93 bits per heavy atom. The molecule has 0 aromatic heterocycles. The normalized spacial score (nSPS) is 22.7. The molecule has 6 nitrogen and oxygen atoms in total. The number of hydrogen-bond acceptors (Lipinski definition) is 5. The smallest absolute Gasteiger partial charge is 0.341 e. The van der Waals surface area contributed by atoms with E-state index in [0.29, 0.717) is 12.0 Å². The highest BCUT2D eigenvalue weighted by molar-refractivity contribution is 7.91. The second kappa shape index (κ2) is 9.18. The van der Waals surface area contributed by atoms with Gasteiger partial charge in [0.25, 0.3) is 0 Å². The lowest BCUT2D eigenvalue weighted by molar-refractivity contribution is -0.139. The first-order chi connectivity index (χ1) is 14.3. The Bertz CT molecular complexity index is 990. The van der Waals surface area contributed by atoms with Crippen molar-refractivity contribution >= 4 is 15.8 Å². The van der Waals surface area contributed by atoms with Gasteiger partial charge in [-0.05, 0) is 36.1 Å². The Morgan fingerprint density at radius 1 is 1.20 bits per heavy atom. The molecule has 0 spiro atoms. The molecule has 1 heterocycles. The van der Waals surface area contributed by atoms with Crippen LogP contribution in [-0.4, -0.2) is 37.4 Å². The molecule has 2 unspecified atom stereocenters. The number of nitrogens with one attached hydrogen (secondary N) is 1. The summed E-state index contributed by atoms with van der Waals surface area (Å²) in [6, 6.07) is 14.4. The summed E-state index contributed by atoms with van der Waals surface area (Å²) in [4.78, 5) is 11.1. The van der Waals surface area contributed by atoms with Crippen LogP contribution in [0.15, 0.2) is 53.4 Å². The van der Waals surface area contributed by atoms with E-state index in [0.717, 1.165) is 24.8 Å². The molecule has 0 aliphatic carbocycles. The molecule has 2 atom stereocenters. The van der Waals surface area contributed by atoms with Crippen molar-refractivity contribution in [1.82, 2.24) is 5.32 Å². The Balaban J connectivity index is 2.14. The number of ether oxygens (including phenoxy) is 1. The van der Waals surface area contributed by atoms with Gasteiger partial charge in [-0.2, -0.15) is 0 Å². The van der Waals surface area contributed by atoms with Crippen LogP contribution in [0.2, 0.25) is 0 Å². The zero-order chi connectivity index (χ0) is 21.8. The molecule has 0 saturated carbocycles. The third-order valence-corrected chi connectivity index (χ3v) is 7.69. The van der Waals surface area contributed by atoms with Crippen LogP contribution < -0.4 is 10.1 Å². The van der Waals surface area contributed by atoms with Gasteiger partial charge in [0.05, 0.1) is 16.7 Å². The first-order valence-corrected chi connectivity index (χ1v) is 12.0. The van der Waals surface area contributed by atoms with E-state index in [1.807, 2.05) is 37.3 Å². The van der Waals surface area contributed by atoms with E-state index in [2.05, 4.69) is 12.2 Å². The van der Waals surface area contributed by atoms with Gasteiger partial charge in [-0.15, -0.1) is 0 Å². The molecule has 0 radical (unpaired) electrons. The van der Waals surface area contributed by atoms with Crippen LogP contribution in [0.25, 0.3) is 0 Å². The van der Waals surface area contributed by atoms with Crippen molar-refractivity contribution < 1.29 is 23.1 Å². The molecular formula is C23H29NO5S. The predicted octanol–water partition coefficient (Wildman–Crippen LogP) is 3.96. The fourth-order valence-electron chi connectivity index (χ4n) is 4.07. The minimum Gasteiger partial charge on any atom is -0.482 e. The lowest BCUT2D eigenvalue weighted by Gasteiger charge is -2.35. The van der Waals surface area contributed by atoms with Gasteiger partial charge in [-0.1, -0.05) is 63.1 Å². The number of aliphatic carboxylic acids is 1. The van der Waals surface area contributed by atoms with Crippen LogP contribution in [-0.2, 0) is 14.6 Å². The van der Waals surface area contributed by atoms with Gasteiger partial charge >= 0.3 is 5.97 Å². The molecule has 0 amide bonds. The van der Waals surface area contributed by atoms with E-state index >= 15 is 0 Å². The van der Waals surface area contributed by atoms with E-state index in [-0.39, 0.29) is 22.4 Å². The van der Waals surface area contributed by atoms with Crippen molar-refractivity contribution in [2.24, 2.45) is 0 Å². The van der Waals surface area contributed by atoms with Crippen LogP contribution in [0.4, 0.5) is 0 Å². The summed E-state index contributed by atoms with van der Waals surface area (Å²) in [6.07, 6.45) is 3.37. The van der Waals surface area contributed by atoms with E-state index < -0.39 is 28.0 Å². The van der Waals surface area contributed by atoms with Crippen LogP contribution in [0, 0.1) is 0 Å². The monoisotopic (exact) mass is 431 g/mol. The lowest BCUT2D eigenvalue weighted by Crippen LogP contribution is -2.50. The SMILES string of the molecule is CCCCC1(CC)CS(=O)(=O)c2cc(OCC(=O)O)ccc2C(c2ccccc2)N1. The zero-order valence-corrected chi connectivity index (χ0v) is 18.2. The zero-order valence-electron chi connectivity index (χ0n) is 17.4. The molecule has 2 N–H and O–H groups in total. The van der Waals surface area contributed by atoms with Crippen molar-refractivity contribution in [2.75, 3.05) is 12.4 Å². The summed E-state index contributed by atoms with van der Waals surface area (Å²) in [5.41, 5.74) is 1.11. The number of carboxylic acids is 1. The number of sulfone groups is 1. The van der Waals surface area contributed by atoms with Crippen LogP contribution >= 0.6 is 0 Å². The molecule has 0 bridgehead atoms. The predicted molar refractivity (Wildman–Crippen MR) is 116 cm³/mol. The molecule has 2 aromatic rings. The second-order valence-corrected chi connectivity index (χ2v) is 9.82. The molecule has 1 aliphatic heterocycles. The van der Waals surface area contributed by atoms with Gasteiger partial charge < -0.3 is 9.84 Å². The average molecular weight is 432 g/mol. The van der Waals surface area contributed by atoms with Crippen molar-refractivity contribution in [2.45, 2.75) is 56.0 Å². The summed E-state index contributed by atoms with van der Waals surface area (Å²) in [6.45, 7) is 3.61. The van der Waals surface area contributed by atoms with Gasteiger partial charge in [-0.3, -0.25) is 5.32 Å². The van der Waals surface area contributed by atoms with Gasteiger partial charge in [0, 0.05) is 5.54 Å². The first kappa shape index (κ1) is 22.3. The van der Waals surface area contributed by atoms with Crippen molar-refractivity contribution in [3.05, 3.63) is 59.7 Å². The lowest BCUT2D eigenvalue weighted by atomic mass is 9.88. The van der Waals surface area contributed by atoms with Crippen LogP contribution in [0.5, 0.6) is 5.75 Å². The van der Waals surface area contributed by atoms with E-state index in [4.69, 9.17) is 9.84 Å². The number of carboxylic acid groups (broad SMARTS) is 1. The molecule has 2 aromatic carbocycles. The number of unbranched alkanes of at least 4 members (excludes halogenated alkanes) is 1. The summed E-state index contributed by atoms with van der Waals surface area (Å²) >= 11 is 0. The summed E-state index contributed by atoms with van der Waals surface area (Å²) in [5.74, 6) is -0.875. The third-order valence-electron chi connectivity index (χ3n) is 5.73. The maximum atomic E-state index is 13.5. The minimum absolute atomic E-state index is 0.00474. The molecule has 30 heavy (non-hydrogen) atoms. The Morgan fingerprint density at radius 3 is 2.57 bits per heavy atom. The van der Waals surface area contributed by atoms with Gasteiger partial charge in [0.2, 0.25) is 0 Å². The quantitative estimate of drug-likeness (QED) is 0.657. The molecule has 1 aliphatic rings. The number of rotatable bonds is 8. The van der Waals surface area contributed by atoms with Crippen LogP contribution in [0.1, 0.15) is 56.7 Å². The molecule has 0 fully saturated rings. The molecule has 162 valence electrons. The van der Waals surface area contributed by atoms with E-state index in [9.17, 15) is 13.2 Å². The maximum Gasteiger partial charge on any atom is 0.341 e. The van der Waals surface area contributed by atoms with E-state index in [1.165, 1.54) is 6.07 Å². The second-order valence-electron chi connectivity index (χ2n) is 7.87. The third kappa shape index (κ3) is 4.84. The Kier molecular flexibility index (Phi) is 6.83. The summed E-state index contributed by atoms with van der Waals surface area (Å²) < 4.78 is 32.2. The van der Waals surface area contributed by atoms with Crippen molar-refractivity contribution in [3.8, 4) is 5.75 Å². The van der Waals surface area contributed by atoms with Crippen LogP contribution in [0.3, 0.4) is 0 Å². The summed E-state index contributed by atoms with van der Waals surface area (Å²) in [7, 11) is -3.62. The first-order valence-electron chi connectivity index (χ1n) is 10.3. The molecule has 7 heteroatoms. The van der Waals surface area contributed by atoms with Crippen molar-refractivity contribution in [3.63, 3.8) is 0 Å². The number of fused-ring (bicyclic) bond motifs is 1. The minimum atomic E-state index is -3.62. The van der Waals surface area contributed by atoms with E-state index in [1.54, 1.807) is 12.1 Å². The largest absolute Gasteiger partial charge is 0.482 e. The maximum absolute atomic E-state index is 13.5. The Labute approximate surface area is 178 Å². The van der Waals surface area contributed by atoms with Gasteiger partial charge in [-0.25, -0.2) is 13.2 Å². The highest BCUT2D eigenvalue weighted by atomic mass is 32.2. The van der Waals surface area contributed by atoms with Gasteiger partial charge in [0.1, 0.15) is 5.75 Å². The fraction of sp³-hybridized carbons (Fsp3) is 0.435. The highest BCUT2D eigenvalue weighted by Crippen LogP contribution is 2.39. The molecule has 3 rings (SSSR count). The Hall–Kier alpha value is -2.38. The van der Waals surface area contributed by atoms with Crippen molar-refractivity contribution in [1.29, 1.82) is 0 Å². The number of carbonyl (C=O) groups is 1. The summed E-state index contributed by atoms with van der Waals surface area (Å²) in [5, 5.41) is 12.6. The van der Waals surface area contributed by atoms with Gasteiger partial charge in [0.15, 0.2) is 16.4 Å². The average Bonchev–Trinajstić information content (AvgIpc) is 2.84.